The molecule has 0 aliphatic rings. The Morgan fingerprint density at radius 2 is 2.00 bits per heavy atom. The summed E-state index contributed by atoms with van der Waals surface area (Å²) < 4.78 is 36.2. The van der Waals surface area contributed by atoms with Crippen LogP contribution in [0.3, 0.4) is 0 Å². The minimum Gasteiger partial charge on any atom is -0.478 e. The third-order valence-corrected chi connectivity index (χ3v) is 2.32. The highest BCUT2D eigenvalue weighted by molar-refractivity contribution is 9.10. The second-order valence-corrected chi connectivity index (χ2v) is 3.77. The third-order valence-electron chi connectivity index (χ3n) is 1.67. The lowest BCUT2D eigenvalue weighted by Crippen LogP contribution is -2.11. The maximum absolute atomic E-state index is 12.0. The van der Waals surface area contributed by atoms with Gasteiger partial charge in [-0.3, -0.25) is 0 Å². The molecule has 0 radical (unpaired) electrons. The van der Waals surface area contributed by atoms with Gasteiger partial charge in [0.25, 0.3) is 0 Å². The molecule has 0 saturated carbocycles. The molecule has 0 unspecified atom stereocenters. The fourth-order valence-electron chi connectivity index (χ4n) is 1.07. The predicted molar refractivity (Wildman–Crippen MR) is 50.9 cm³/mol. The van der Waals surface area contributed by atoms with Crippen molar-refractivity contribution < 1.29 is 23.1 Å². The van der Waals surface area contributed by atoms with Crippen molar-refractivity contribution in [3.63, 3.8) is 0 Å². The summed E-state index contributed by atoms with van der Waals surface area (Å²) in [4.78, 5) is 10.6. The molecule has 1 aromatic carbocycles. The second kappa shape index (κ2) is 4.22. The van der Waals surface area contributed by atoms with Crippen molar-refractivity contribution in [2.75, 3.05) is 0 Å². The topological polar surface area (TPSA) is 37.3 Å². The zero-order chi connectivity index (χ0) is 11.6. The lowest BCUT2D eigenvalue weighted by Gasteiger charge is -2.07. The van der Waals surface area contributed by atoms with Crippen LogP contribution in [0.5, 0.6) is 0 Å². The van der Waals surface area contributed by atoms with Gasteiger partial charge in [-0.1, -0.05) is 6.07 Å². The highest BCUT2D eigenvalue weighted by Gasteiger charge is 2.27. The molecule has 0 aliphatic heterocycles. The molecule has 0 fully saturated rings. The standard InChI is InChI=1S/C9H6BrF3O2/c10-7-3-5(4-9(11,12)13)1-2-6(7)8(14)15/h1-3H,4H2,(H,14,15). The van der Waals surface area contributed by atoms with E-state index in [-0.39, 0.29) is 15.6 Å². The first-order valence-electron chi connectivity index (χ1n) is 3.88. The third kappa shape index (κ3) is 3.54. The summed E-state index contributed by atoms with van der Waals surface area (Å²) in [6.45, 7) is 0. The van der Waals surface area contributed by atoms with Gasteiger partial charge in [0, 0.05) is 4.47 Å². The number of carbonyl (C=O) groups is 1. The van der Waals surface area contributed by atoms with Crippen molar-refractivity contribution in [3.8, 4) is 0 Å². The SMILES string of the molecule is O=C(O)c1ccc(CC(F)(F)F)cc1Br. The molecule has 0 bridgehead atoms. The van der Waals surface area contributed by atoms with Gasteiger partial charge in [-0.15, -0.1) is 0 Å². The first kappa shape index (κ1) is 12.0. The number of carboxylic acid groups (broad SMARTS) is 1. The molecule has 0 aromatic heterocycles. The first-order chi connectivity index (χ1) is 6.79. The molecule has 6 heteroatoms. The fraction of sp³-hybridized carbons (Fsp3) is 0.222. The second-order valence-electron chi connectivity index (χ2n) is 2.91. The van der Waals surface area contributed by atoms with Crippen LogP contribution in [0, 0.1) is 0 Å². The van der Waals surface area contributed by atoms with Crippen LogP contribution in [0.2, 0.25) is 0 Å². The lowest BCUT2D eigenvalue weighted by atomic mass is 10.1. The fourth-order valence-corrected chi connectivity index (χ4v) is 1.67. The van der Waals surface area contributed by atoms with Gasteiger partial charge in [-0.05, 0) is 33.6 Å². The van der Waals surface area contributed by atoms with Gasteiger partial charge in [-0.2, -0.15) is 13.2 Å². The van der Waals surface area contributed by atoms with Crippen LogP contribution in [0.1, 0.15) is 15.9 Å². The summed E-state index contributed by atoms with van der Waals surface area (Å²) in [5.41, 5.74) is -0.0275. The average Bonchev–Trinajstić information content (AvgIpc) is 1.99. The van der Waals surface area contributed by atoms with E-state index < -0.39 is 18.6 Å². The van der Waals surface area contributed by atoms with E-state index in [1.807, 2.05) is 0 Å². The molecule has 1 rings (SSSR count). The van der Waals surface area contributed by atoms with Crippen LogP contribution in [0.25, 0.3) is 0 Å². The summed E-state index contributed by atoms with van der Waals surface area (Å²) in [5.74, 6) is -1.18. The van der Waals surface area contributed by atoms with E-state index in [4.69, 9.17) is 5.11 Å². The Morgan fingerprint density at radius 3 is 2.40 bits per heavy atom. The number of halogens is 4. The summed E-state index contributed by atoms with van der Waals surface area (Å²) in [6, 6.07) is 3.46. The van der Waals surface area contributed by atoms with Crippen molar-refractivity contribution in [2.45, 2.75) is 12.6 Å². The highest BCUT2D eigenvalue weighted by Crippen LogP contribution is 2.25. The van der Waals surface area contributed by atoms with E-state index in [0.717, 1.165) is 18.2 Å². The largest absolute Gasteiger partial charge is 0.478 e. The molecule has 0 heterocycles. The van der Waals surface area contributed by atoms with Gasteiger partial charge in [-0.25, -0.2) is 4.79 Å². The van der Waals surface area contributed by atoms with Crippen molar-refractivity contribution in [1.29, 1.82) is 0 Å². The maximum Gasteiger partial charge on any atom is 0.393 e. The quantitative estimate of drug-likeness (QED) is 0.904. The van der Waals surface area contributed by atoms with Crippen LogP contribution >= 0.6 is 15.9 Å². The normalized spacial score (nSPS) is 11.5. The molecule has 1 aromatic rings. The number of benzene rings is 1. The van der Waals surface area contributed by atoms with Gasteiger partial charge >= 0.3 is 12.1 Å². The van der Waals surface area contributed by atoms with Crippen molar-refractivity contribution in [3.05, 3.63) is 33.8 Å². The van der Waals surface area contributed by atoms with E-state index in [0.29, 0.717) is 0 Å². The number of hydrogen-bond acceptors (Lipinski definition) is 1. The van der Waals surface area contributed by atoms with Crippen LogP contribution in [-0.4, -0.2) is 17.3 Å². The summed E-state index contributed by atoms with van der Waals surface area (Å²) in [7, 11) is 0. The van der Waals surface area contributed by atoms with Gasteiger partial charge in [0.2, 0.25) is 0 Å². The van der Waals surface area contributed by atoms with Crippen molar-refractivity contribution in [2.24, 2.45) is 0 Å². The van der Waals surface area contributed by atoms with Crippen LogP contribution in [-0.2, 0) is 6.42 Å². The molecule has 2 nitrogen and oxygen atoms in total. The molecular weight excluding hydrogens is 277 g/mol. The van der Waals surface area contributed by atoms with E-state index in [9.17, 15) is 18.0 Å². The monoisotopic (exact) mass is 282 g/mol. The molecule has 0 spiro atoms. The molecular formula is C9H6BrF3O2. The van der Waals surface area contributed by atoms with Gasteiger partial charge in [0.1, 0.15) is 0 Å². The van der Waals surface area contributed by atoms with Crippen molar-refractivity contribution >= 4 is 21.9 Å². The van der Waals surface area contributed by atoms with E-state index in [1.54, 1.807) is 0 Å². The maximum atomic E-state index is 12.0. The summed E-state index contributed by atoms with van der Waals surface area (Å²) in [6.07, 6.45) is -5.35. The minimum atomic E-state index is -4.29. The van der Waals surface area contributed by atoms with Crippen LogP contribution < -0.4 is 0 Å². The number of hydrogen-bond donors (Lipinski definition) is 1. The Morgan fingerprint density at radius 1 is 1.40 bits per heavy atom. The lowest BCUT2D eigenvalue weighted by molar-refractivity contribution is -0.127. The van der Waals surface area contributed by atoms with E-state index in [2.05, 4.69) is 15.9 Å². The molecule has 15 heavy (non-hydrogen) atoms. The van der Waals surface area contributed by atoms with E-state index in [1.165, 1.54) is 0 Å². The average molecular weight is 283 g/mol. The number of rotatable bonds is 2. The molecule has 0 atom stereocenters. The summed E-state index contributed by atoms with van der Waals surface area (Å²) in [5, 5.41) is 8.64. The first-order valence-corrected chi connectivity index (χ1v) is 4.67. The zero-order valence-electron chi connectivity index (χ0n) is 7.31. The Hall–Kier alpha value is -1.04. The molecule has 82 valence electrons. The molecule has 0 aliphatic carbocycles. The van der Waals surface area contributed by atoms with Gasteiger partial charge in [0.15, 0.2) is 0 Å². The predicted octanol–water partition coefficient (Wildman–Crippen LogP) is 3.25. The van der Waals surface area contributed by atoms with Crippen LogP contribution in [0.15, 0.2) is 22.7 Å². The smallest absolute Gasteiger partial charge is 0.393 e. The molecule has 0 amide bonds. The molecule has 1 N–H and O–H groups in total. The number of carboxylic acids is 1. The Balaban J connectivity index is 2.97. The zero-order valence-corrected chi connectivity index (χ0v) is 8.89. The van der Waals surface area contributed by atoms with Gasteiger partial charge < -0.3 is 5.11 Å². The minimum absolute atomic E-state index is 0.0272. The summed E-state index contributed by atoms with van der Waals surface area (Å²) >= 11 is 2.91. The molecule has 0 saturated heterocycles. The number of aromatic carboxylic acids is 1. The highest BCUT2D eigenvalue weighted by atomic mass is 79.9. The Bertz CT molecular complexity index is 387. The van der Waals surface area contributed by atoms with Crippen LogP contribution in [0.4, 0.5) is 13.2 Å². The van der Waals surface area contributed by atoms with E-state index >= 15 is 0 Å². The van der Waals surface area contributed by atoms with Crippen molar-refractivity contribution in [1.82, 2.24) is 0 Å². The Labute approximate surface area is 91.8 Å². The Kier molecular flexibility index (Phi) is 3.38. The number of alkyl halides is 3. The van der Waals surface area contributed by atoms with Gasteiger partial charge in [0.05, 0.1) is 12.0 Å².